The molecule has 1 aromatic rings. The predicted molar refractivity (Wildman–Crippen MR) is 64.3 cm³/mol. The minimum Gasteiger partial charge on any atom is -0.444 e. The van der Waals surface area contributed by atoms with Crippen LogP contribution in [0.3, 0.4) is 0 Å². The van der Waals surface area contributed by atoms with E-state index < -0.39 is 11.1 Å². The molecule has 1 heterocycles. The van der Waals surface area contributed by atoms with E-state index in [1.165, 1.54) is 0 Å². The Labute approximate surface area is 103 Å². The molecule has 0 bridgehead atoms. The fourth-order valence-corrected chi connectivity index (χ4v) is 1.24. The highest BCUT2D eigenvalue weighted by Crippen LogP contribution is 2.22. The molecule has 0 aliphatic rings. The first kappa shape index (κ1) is 13.3. The van der Waals surface area contributed by atoms with Crippen LogP contribution in [0.25, 0.3) is 0 Å². The molecule has 4 nitrogen and oxygen atoms in total. The SMILES string of the molecule is CC(C)(O)C(C)(C)NC(=O)c1ccc(Br)o1. The second kappa shape index (κ2) is 4.22. The van der Waals surface area contributed by atoms with Crippen molar-refractivity contribution in [3.63, 3.8) is 0 Å². The smallest absolute Gasteiger partial charge is 0.287 e. The topological polar surface area (TPSA) is 62.5 Å². The normalized spacial score (nSPS) is 12.6. The third-order valence-corrected chi connectivity index (χ3v) is 3.18. The Morgan fingerprint density at radius 2 is 1.94 bits per heavy atom. The molecule has 5 heteroatoms. The van der Waals surface area contributed by atoms with E-state index in [-0.39, 0.29) is 11.7 Å². The summed E-state index contributed by atoms with van der Waals surface area (Å²) < 4.78 is 5.63. The summed E-state index contributed by atoms with van der Waals surface area (Å²) in [5.41, 5.74) is -1.77. The summed E-state index contributed by atoms with van der Waals surface area (Å²) in [6.45, 7) is 6.79. The monoisotopic (exact) mass is 289 g/mol. The molecule has 0 saturated carbocycles. The fourth-order valence-electron chi connectivity index (χ4n) is 0.935. The molecule has 0 fully saturated rings. The Morgan fingerprint density at radius 3 is 2.31 bits per heavy atom. The van der Waals surface area contributed by atoms with Gasteiger partial charge >= 0.3 is 0 Å². The third-order valence-electron chi connectivity index (χ3n) is 2.75. The maximum Gasteiger partial charge on any atom is 0.287 e. The van der Waals surface area contributed by atoms with Crippen LogP contribution in [0, 0.1) is 0 Å². The molecule has 0 aliphatic heterocycles. The van der Waals surface area contributed by atoms with Gasteiger partial charge in [0.25, 0.3) is 5.91 Å². The zero-order valence-electron chi connectivity index (χ0n) is 9.80. The van der Waals surface area contributed by atoms with Gasteiger partial charge in [-0.15, -0.1) is 0 Å². The lowest BCUT2D eigenvalue weighted by molar-refractivity contribution is -0.00342. The summed E-state index contributed by atoms with van der Waals surface area (Å²) in [5, 5.41) is 12.6. The molecular formula is C11H16BrNO3. The van der Waals surface area contributed by atoms with Crippen molar-refractivity contribution < 1.29 is 14.3 Å². The van der Waals surface area contributed by atoms with Gasteiger partial charge in [-0.1, -0.05) is 0 Å². The molecule has 16 heavy (non-hydrogen) atoms. The first-order valence-corrected chi connectivity index (χ1v) is 5.73. The van der Waals surface area contributed by atoms with Crippen LogP contribution in [-0.2, 0) is 0 Å². The van der Waals surface area contributed by atoms with Gasteiger partial charge in [-0.3, -0.25) is 4.79 Å². The van der Waals surface area contributed by atoms with E-state index in [1.807, 2.05) is 0 Å². The summed E-state index contributed by atoms with van der Waals surface area (Å²) in [5.74, 6) is -0.137. The highest BCUT2D eigenvalue weighted by Gasteiger charge is 2.36. The van der Waals surface area contributed by atoms with Crippen molar-refractivity contribution >= 4 is 21.8 Å². The van der Waals surface area contributed by atoms with Crippen LogP contribution >= 0.6 is 15.9 Å². The van der Waals surface area contributed by atoms with Gasteiger partial charge in [-0.2, -0.15) is 0 Å². The number of hydrogen-bond acceptors (Lipinski definition) is 3. The van der Waals surface area contributed by atoms with E-state index in [0.29, 0.717) is 4.67 Å². The van der Waals surface area contributed by atoms with Crippen molar-refractivity contribution in [1.29, 1.82) is 0 Å². The summed E-state index contributed by atoms with van der Waals surface area (Å²) in [7, 11) is 0. The standard InChI is InChI=1S/C11H16BrNO3/c1-10(2,11(3,4)15)13-9(14)7-5-6-8(12)16-7/h5-6,15H,1-4H3,(H,13,14). The lowest BCUT2D eigenvalue weighted by Crippen LogP contribution is -2.57. The number of hydrogen-bond donors (Lipinski definition) is 2. The Morgan fingerprint density at radius 1 is 1.38 bits per heavy atom. The van der Waals surface area contributed by atoms with Gasteiger partial charge < -0.3 is 14.8 Å². The van der Waals surface area contributed by atoms with Crippen molar-refractivity contribution in [1.82, 2.24) is 5.32 Å². The molecule has 1 aromatic heterocycles. The minimum absolute atomic E-state index is 0.212. The molecule has 1 rings (SSSR count). The Bertz CT molecular complexity index is 390. The maximum atomic E-state index is 11.8. The molecule has 0 atom stereocenters. The van der Waals surface area contributed by atoms with Crippen LogP contribution in [0.4, 0.5) is 0 Å². The van der Waals surface area contributed by atoms with Gasteiger partial charge in [0.05, 0.1) is 11.1 Å². The van der Waals surface area contributed by atoms with Crippen molar-refractivity contribution in [2.24, 2.45) is 0 Å². The lowest BCUT2D eigenvalue weighted by Gasteiger charge is -2.37. The van der Waals surface area contributed by atoms with Crippen LogP contribution < -0.4 is 5.32 Å². The Hall–Kier alpha value is -0.810. The van der Waals surface area contributed by atoms with Crippen LogP contribution in [0.5, 0.6) is 0 Å². The largest absolute Gasteiger partial charge is 0.444 e. The molecular weight excluding hydrogens is 274 g/mol. The van der Waals surface area contributed by atoms with Crippen LogP contribution in [0.1, 0.15) is 38.2 Å². The summed E-state index contributed by atoms with van der Waals surface area (Å²) in [6.07, 6.45) is 0. The van der Waals surface area contributed by atoms with Crippen LogP contribution in [-0.4, -0.2) is 22.2 Å². The molecule has 1 amide bonds. The van der Waals surface area contributed by atoms with Gasteiger partial charge in [0.2, 0.25) is 0 Å². The Balaban J connectivity index is 2.79. The molecule has 0 saturated heterocycles. The zero-order chi connectivity index (χ0) is 12.6. The molecule has 0 spiro atoms. The van der Waals surface area contributed by atoms with Crippen molar-refractivity contribution in [2.45, 2.75) is 38.8 Å². The number of nitrogens with one attached hydrogen (secondary N) is 1. The maximum absolute atomic E-state index is 11.8. The Kier molecular flexibility index (Phi) is 3.50. The minimum atomic E-state index is -1.02. The average molecular weight is 290 g/mol. The second-order valence-electron chi connectivity index (χ2n) is 4.74. The molecule has 2 N–H and O–H groups in total. The highest BCUT2D eigenvalue weighted by molar-refractivity contribution is 9.10. The van der Waals surface area contributed by atoms with Crippen molar-refractivity contribution in [3.05, 3.63) is 22.6 Å². The molecule has 0 radical (unpaired) electrons. The van der Waals surface area contributed by atoms with Crippen LogP contribution in [0.15, 0.2) is 21.2 Å². The first-order valence-electron chi connectivity index (χ1n) is 4.94. The fraction of sp³-hybridized carbons (Fsp3) is 0.545. The van der Waals surface area contributed by atoms with Crippen molar-refractivity contribution in [3.8, 4) is 0 Å². The quantitative estimate of drug-likeness (QED) is 0.898. The number of halogens is 1. The molecule has 90 valence electrons. The molecule has 0 unspecified atom stereocenters. The number of carbonyl (C=O) groups is 1. The molecule has 0 aliphatic carbocycles. The summed E-state index contributed by atoms with van der Waals surface area (Å²) in [4.78, 5) is 11.8. The van der Waals surface area contributed by atoms with Gasteiger partial charge in [0.15, 0.2) is 10.4 Å². The highest BCUT2D eigenvalue weighted by atomic mass is 79.9. The number of carbonyl (C=O) groups excluding carboxylic acids is 1. The van der Waals surface area contributed by atoms with E-state index in [2.05, 4.69) is 21.2 Å². The summed E-state index contributed by atoms with van der Waals surface area (Å²) >= 11 is 3.12. The van der Waals surface area contributed by atoms with E-state index in [0.717, 1.165) is 0 Å². The number of rotatable bonds is 3. The van der Waals surface area contributed by atoms with E-state index in [1.54, 1.807) is 39.8 Å². The zero-order valence-corrected chi connectivity index (χ0v) is 11.4. The van der Waals surface area contributed by atoms with Gasteiger partial charge in [-0.05, 0) is 55.8 Å². The average Bonchev–Trinajstić information content (AvgIpc) is 2.48. The first-order chi connectivity index (χ1) is 7.13. The molecule has 0 aromatic carbocycles. The third kappa shape index (κ3) is 2.86. The van der Waals surface area contributed by atoms with Gasteiger partial charge in [0.1, 0.15) is 0 Å². The lowest BCUT2D eigenvalue weighted by atomic mass is 9.86. The number of furan rings is 1. The van der Waals surface area contributed by atoms with Gasteiger partial charge in [-0.25, -0.2) is 0 Å². The number of aliphatic hydroxyl groups is 1. The van der Waals surface area contributed by atoms with E-state index >= 15 is 0 Å². The summed E-state index contributed by atoms with van der Waals surface area (Å²) in [6, 6.07) is 3.21. The number of amides is 1. The second-order valence-corrected chi connectivity index (χ2v) is 5.52. The van der Waals surface area contributed by atoms with Crippen LogP contribution in [0.2, 0.25) is 0 Å². The van der Waals surface area contributed by atoms with E-state index in [4.69, 9.17) is 4.42 Å². The van der Waals surface area contributed by atoms with E-state index in [9.17, 15) is 9.90 Å². The van der Waals surface area contributed by atoms with Crippen molar-refractivity contribution in [2.75, 3.05) is 0 Å². The predicted octanol–water partition coefficient (Wildman–Crippen LogP) is 2.32. The van der Waals surface area contributed by atoms with Gasteiger partial charge in [0, 0.05) is 0 Å².